The molecule has 2 aromatic rings. The van der Waals surface area contributed by atoms with Gasteiger partial charge in [0.25, 0.3) is 5.89 Å². The first-order valence-electron chi connectivity index (χ1n) is 8.87. The van der Waals surface area contributed by atoms with Crippen molar-refractivity contribution in [1.82, 2.24) is 20.4 Å². The molecule has 0 spiro atoms. The van der Waals surface area contributed by atoms with Crippen molar-refractivity contribution in [2.45, 2.75) is 26.3 Å². The molecule has 8 heteroatoms. The van der Waals surface area contributed by atoms with Gasteiger partial charge in [-0.3, -0.25) is 4.90 Å². The van der Waals surface area contributed by atoms with Gasteiger partial charge in [-0.15, -0.1) is 12.4 Å². The monoisotopic (exact) mass is 382 g/mol. The molecule has 1 aliphatic rings. The summed E-state index contributed by atoms with van der Waals surface area (Å²) >= 11 is 0. The molecule has 1 atom stereocenters. The van der Waals surface area contributed by atoms with Gasteiger partial charge in [0.2, 0.25) is 0 Å². The number of halogens is 1. The van der Waals surface area contributed by atoms with Crippen molar-refractivity contribution in [3.63, 3.8) is 0 Å². The van der Waals surface area contributed by atoms with Crippen LogP contribution in [0.15, 0.2) is 22.7 Å². The van der Waals surface area contributed by atoms with Crippen LogP contribution in [-0.4, -0.2) is 54.9 Å². The average Bonchev–Trinajstić information content (AvgIpc) is 3.11. The number of nitrogens with one attached hydrogen (secondary N) is 1. The van der Waals surface area contributed by atoms with Gasteiger partial charge in [-0.05, 0) is 38.6 Å². The van der Waals surface area contributed by atoms with E-state index in [4.69, 9.17) is 14.0 Å². The third-order valence-corrected chi connectivity index (χ3v) is 4.20. The quantitative estimate of drug-likeness (QED) is 0.789. The summed E-state index contributed by atoms with van der Waals surface area (Å²) in [6.45, 7) is 8.02. The molecule has 7 nitrogen and oxygen atoms in total. The van der Waals surface area contributed by atoms with E-state index in [0.29, 0.717) is 30.7 Å². The Morgan fingerprint density at radius 3 is 2.85 bits per heavy atom. The standard InChI is InChI=1S/C18H26N4O3.ClH/c1-4-10-24-15-7-6-13(11-16(15)23-5-2)18-20-17(21-25-18)14-12-19-8-9-22(14)3;/h6-7,11,14,19H,4-5,8-10,12H2,1-3H3;1H. The SMILES string of the molecule is CCCOc1ccc(-c2nc(C3CNCCN3C)no2)cc1OCC.Cl. The second kappa shape index (κ2) is 9.75. The number of ether oxygens (including phenoxy) is 2. The van der Waals surface area contributed by atoms with Crippen LogP contribution in [0.5, 0.6) is 11.5 Å². The Morgan fingerprint density at radius 1 is 1.27 bits per heavy atom. The van der Waals surface area contributed by atoms with E-state index in [9.17, 15) is 0 Å². The van der Waals surface area contributed by atoms with Gasteiger partial charge in [0.15, 0.2) is 17.3 Å². The lowest BCUT2D eigenvalue weighted by molar-refractivity contribution is 0.190. The number of hydrogen-bond donors (Lipinski definition) is 1. The number of benzene rings is 1. The Kier molecular flexibility index (Phi) is 7.68. The van der Waals surface area contributed by atoms with E-state index in [0.717, 1.165) is 37.4 Å². The van der Waals surface area contributed by atoms with Crippen molar-refractivity contribution >= 4 is 12.4 Å². The largest absolute Gasteiger partial charge is 0.490 e. The van der Waals surface area contributed by atoms with Crippen LogP contribution >= 0.6 is 12.4 Å². The number of hydrogen-bond acceptors (Lipinski definition) is 7. The molecular formula is C18H27ClN4O3. The average molecular weight is 383 g/mol. The Bertz CT molecular complexity index is 695. The highest BCUT2D eigenvalue weighted by molar-refractivity contribution is 5.85. The highest BCUT2D eigenvalue weighted by Crippen LogP contribution is 2.33. The maximum atomic E-state index is 5.74. The summed E-state index contributed by atoms with van der Waals surface area (Å²) in [5.74, 6) is 2.64. The summed E-state index contributed by atoms with van der Waals surface area (Å²) < 4.78 is 16.9. The zero-order valence-corrected chi connectivity index (χ0v) is 16.3. The van der Waals surface area contributed by atoms with Crippen LogP contribution in [-0.2, 0) is 0 Å². The van der Waals surface area contributed by atoms with Crippen molar-refractivity contribution in [2.24, 2.45) is 0 Å². The molecule has 0 bridgehead atoms. The molecule has 1 aromatic heterocycles. The van der Waals surface area contributed by atoms with Crippen LogP contribution in [0.3, 0.4) is 0 Å². The summed E-state index contributed by atoms with van der Waals surface area (Å²) in [6, 6.07) is 5.85. The number of likely N-dealkylation sites (N-methyl/N-ethyl adjacent to an activating group) is 1. The van der Waals surface area contributed by atoms with Crippen LogP contribution < -0.4 is 14.8 Å². The molecule has 1 unspecified atom stereocenters. The van der Waals surface area contributed by atoms with Crippen molar-refractivity contribution in [1.29, 1.82) is 0 Å². The Labute approximate surface area is 160 Å². The molecule has 1 N–H and O–H groups in total. The van der Waals surface area contributed by atoms with Gasteiger partial charge < -0.3 is 19.3 Å². The molecule has 0 amide bonds. The predicted molar refractivity (Wildman–Crippen MR) is 102 cm³/mol. The van der Waals surface area contributed by atoms with E-state index in [1.165, 1.54) is 0 Å². The molecule has 144 valence electrons. The molecule has 2 heterocycles. The fourth-order valence-corrected chi connectivity index (χ4v) is 2.82. The van der Waals surface area contributed by atoms with Crippen LogP contribution in [0.2, 0.25) is 0 Å². The summed E-state index contributed by atoms with van der Waals surface area (Å²) in [7, 11) is 2.08. The van der Waals surface area contributed by atoms with E-state index in [-0.39, 0.29) is 18.4 Å². The smallest absolute Gasteiger partial charge is 0.258 e. The number of aromatic nitrogens is 2. The van der Waals surface area contributed by atoms with Gasteiger partial charge in [-0.25, -0.2) is 0 Å². The van der Waals surface area contributed by atoms with Crippen molar-refractivity contribution in [3.8, 4) is 23.0 Å². The van der Waals surface area contributed by atoms with Crippen molar-refractivity contribution < 1.29 is 14.0 Å². The third-order valence-electron chi connectivity index (χ3n) is 4.20. The minimum atomic E-state index is 0. The van der Waals surface area contributed by atoms with E-state index in [2.05, 4.69) is 34.3 Å². The second-order valence-electron chi connectivity index (χ2n) is 6.10. The number of rotatable bonds is 7. The molecule has 0 saturated carbocycles. The first-order chi connectivity index (χ1) is 12.2. The maximum Gasteiger partial charge on any atom is 0.258 e. The van der Waals surface area contributed by atoms with Crippen LogP contribution in [0, 0.1) is 0 Å². The molecule has 1 aromatic carbocycles. The minimum Gasteiger partial charge on any atom is -0.490 e. The van der Waals surface area contributed by atoms with Gasteiger partial charge in [0.05, 0.1) is 19.3 Å². The Balaban J connectivity index is 0.00000243. The van der Waals surface area contributed by atoms with Gasteiger partial charge >= 0.3 is 0 Å². The third kappa shape index (κ3) is 4.66. The molecule has 1 aliphatic heterocycles. The topological polar surface area (TPSA) is 72.7 Å². The lowest BCUT2D eigenvalue weighted by Crippen LogP contribution is -2.44. The Hall–Kier alpha value is -1.83. The number of nitrogens with zero attached hydrogens (tertiary/aromatic N) is 3. The molecule has 0 radical (unpaired) electrons. The van der Waals surface area contributed by atoms with Crippen molar-refractivity contribution in [2.75, 3.05) is 39.9 Å². The Morgan fingerprint density at radius 2 is 2.12 bits per heavy atom. The van der Waals surface area contributed by atoms with Gasteiger partial charge in [0, 0.05) is 25.2 Å². The molecule has 0 aliphatic carbocycles. The van der Waals surface area contributed by atoms with E-state index >= 15 is 0 Å². The summed E-state index contributed by atoms with van der Waals surface area (Å²) in [6.07, 6.45) is 0.948. The lowest BCUT2D eigenvalue weighted by Gasteiger charge is -2.30. The fraction of sp³-hybridized carbons (Fsp3) is 0.556. The molecule has 1 saturated heterocycles. The van der Waals surface area contributed by atoms with Crippen LogP contribution in [0.4, 0.5) is 0 Å². The summed E-state index contributed by atoms with van der Waals surface area (Å²) in [5, 5.41) is 7.54. The van der Waals surface area contributed by atoms with E-state index in [1.807, 2.05) is 25.1 Å². The fourth-order valence-electron chi connectivity index (χ4n) is 2.82. The predicted octanol–water partition coefficient (Wildman–Crippen LogP) is 2.92. The second-order valence-corrected chi connectivity index (χ2v) is 6.10. The van der Waals surface area contributed by atoms with E-state index < -0.39 is 0 Å². The minimum absolute atomic E-state index is 0. The normalized spacial score (nSPS) is 17.6. The highest BCUT2D eigenvalue weighted by atomic mass is 35.5. The first kappa shape index (κ1) is 20.5. The van der Waals surface area contributed by atoms with Gasteiger partial charge in [-0.2, -0.15) is 4.98 Å². The molecule has 3 rings (SSSR count). The lowest BCUT2D eigenvalue weighted by atomic mass is 10.2. The van der Waals surface area contributed by atoms with E-state index in [1.54, 1.807) is 0 Å². The zero-order valence-electron chi connectivity index (χ0n) is 15.5. The first-order valence-corrected chi connectivity index (χ1v) is 8.87. The van der Waals surface area contributed by atoms with Crippen molar-refractivity contribution in [3.05, 3.63) is 24.0 Å². The number of piperazine rings is 1. The van der Waals surface area contributed by atoms with Gasteiger partial charge in [0.1, 0.15) is 0 Å². The summed E-state index contributed by atoms with van der Waals surface area (Å²) in [4.78, 5) is 6.83. The molecular weight excluding hydrogens is 356 g/mol. The van der Waals surface area contributed by atoms with Crippen LogP contribution in [0.1, 0.15) is 32.1 Å². The molecule has 26 heavy (non-hydrogen) atoms. The van der Waals surface area contributed by atoms with Crippen LogP contribution in [0.25, 0.3) is 11.5 Å². The molecule has 1 fully saturated rings. The zero-order chi connectivity index (χ0) is 17.6. The summed E-state index contributed by atoms with van der Waals surface area (Å²) in [5.41, 5.74) is 0.831. The highest BCUT2D eigenvalue weighted by Gasteiger charge is 2.25. The van der Waals surface area contributed by atoms with Gasteiger partial charge in [-0.1, -0.05) is 12.1 Å². The maximum absolute atomic E-state index is 5.74.